The van der Waals surface area contributed by atoms with Gasteiger partial charge in [-0.3, -0.25) is 14.6 Å². The zero-order chi connectivity index (χ0) is 19.5. The first-order valence-electron chi connectivity index (χ1n) is 9.50. The van der Waals surface area contributed by atoms with E-state index in [1.807, 2.05) is 47.4 Å². The lowest BCUT2D eigenvalue weighted by molar-refractivity contribution is -0.119. The third-order valence-electron chi connectivity index (χ3n) is 5.25. The summed E-state index contributed by atoms with van der Waals surface area (Å²) in [7, 11) is 0. The average molecular weight is 375 g/mol. The van der Waals surface area contributed by atoms with Crippen LogP contribution in [0.25, 0.3) is 6.08 Å². The highest BCUT2D eigenvalue weighted by molar-refractivity contribution is 5.97. The summed E-state index contributed by atoms with van der Waals surface area (Å²) >= 11 is 0. The van der Waals surface area contributed by atoms with Gasteiger partial charge in [-0.05, 0) is 24.8 Å². The number of nitrogens with zero attached hydrogens (tertiary/aromatic N) is 3. The molecule has 1 aromatic heterocycles. The van der Waals surface area contributed by atoms with Crippen LogP contribution < -0.4 is 15.8 Å². The number of hydrogen-bond acceptors (Lipinski definition) is 5. The van der Waals surface area contributed by atoms with E-state index in [1.54, 1.807) is 6.08 Å². The molecule has 0 bridgehead atoms. The highest BCUT2D eigenvalue weighted by Crippen LogP contribution is 2.34. The summed E-state index contributed by atoms with van der Waals surface area (Å²) in [6, 6.07) is 11.6. The smallest absolute Gasteiger partial charge is 0.258 e. The molecule has 7 nitrogen and oxygen atoms in total. The number of H-pyrrole nitrogens is 1. The van der Waals surface area contributed by atoms with E-state index in [4.69, 9.17) is 0 Å². The minimum absolute atomic E-state index is 0.253. The molecule has 0 saturated carbocycles. The average Bonchev–Trinajstić information content (AvgIpc) is 2.73. The maximum absolute atomic E-state index is 12.9. The number of nitrogens with one attached hydrogen (secondary N) is 2. The monoisotopic (exact) mass is 375 g/mol. The van der Waals surface area contributed by atoms with Gasteiger partial charge in [-0.15, -0.1) is 0 Å². The lowest BCUT2D eigenvalue weighted by atomic mass is 9.83. The molecule has 142 valence electrons. The molecular formula is C21H21N5O2. The molecule has 0 aliphatic carbocycles. The number of hydrogen-bond donors (Lipinski definition) is 2. The van der Waals surface area contributed by atoms with Crippen molar-refractivity contribution in [2.24, 2.45) is 5.92 Å². The topological polar surface area (TPSA) is 102 Å². The number of carbonyl (C=O) groups is 1. The summed E-state index contributed by atoms with van der Waals surface area (Å²) in [6.45, 7) is 1.65. The summed E-state index contributed by atoms with van der Waals surface area (Å²) in [4.78, 5) is 34.8. The van der Waals surface area contributed by atoms with Crippen LogP contribution in [0.4, 0.5) is 11.8 Å². The predicted molar refractivity (Wildman–Crippen MR) is 107 cm³/mol. The standard InChI is InChI=1S/C21H21N5O2/c22-13-16-15(10-9-14-7-3-1-4-8-14)17-18(23-19(16)27)24-21(25-20(17)28)26-11-5-2-6-12-26/h1,3-4,7-10,15-16H,2,5-6,11-12H2,(H2,23,24,25,27,28)/b10-9+. The van der Waals surface area contributed by atoms with Gasteiger partial charge >= 0.3 is 0 Å². The Bertz CT molecular complexity index is 1000. The number of benzene rings is 1. The van der Waals surface area contributed by atoms with Crippen molar-refractivity contribution >= 4 is 23.7 Å². The van der Waals surface area contributed by atoms with E-state index in [9.17, 15) is 14.9 Å². The second kappa shape index (κ2) is 7.69. The van der Waals surface area contributed by atoms with Gasteiger partial charge < -0.3 is 10.2 Å². The predicted octanol–water partition coefficient (Wildman–Crippen LogP) is 2.65. The molecule has 2 atom stereocenters. The van der Waals surface area contributed by atoms with Gasteiger partial charge in [0.05, 0.1) is 11.6 Å². The minimum Gasteiger partial charge on any atom is -0.342 e. The summed E-state index contributed by atoms with van der Waals surface area (Å²) in [5, 5.41) is 12.2. The van der Waals surface area contributed by atoms with Gasteiger partial charge in [0.25, 0.3) is 5.56 Å². The summed E-state index contributed by atoms with van der Waals surface area (Å²) < 4.78 is 0. The van der Waals surface area contributed by atoms with Crippen molar-refractivity contribution in [1.29, 1.82) is 5.26 Å². The molecule has 0 spiro atoms. The molecule has 2 N–H and O–H groups in total. The van der Waals surface area contributed by atoms with Crippen LogP contribution in [0, 0.1) is 17.2 Å². The molecule has 3 heterocycles. The molecule has 1 fully saturated rings. The van der Waals surface area contributed by atoms with Crippen LogP contribution in [0.3, 0.4) is 0 Å². The zero-order valence-electron chi connectivity index (χ0n) is 15.4. The number of carbonyl (C=O) groups excluding carboxylic acids is 1. The minimum atomic E-state index is -0.976. The number of rotatable bonds is 3. The second-order valence-corrected chi connectivity index (χ2v) is 7.09. The van der Waals surface area contributed by atoms with Crippen LogP contribution >= 0.6 is 0 Å². The number of piperidine rings is 1. The fourth-order valence-electron chi connectivity index (χ4n) is 3.78. The van der Waals surface area contributed by atoms with E-state index in [0.29, 0.717) is 11.5 Å². The summed E-state index contributed by atoms with van der Waals surface area (Å²) in [6.07, 6.45) is 6.84. The van der Waals surface area contributed by atoms with Crippen molar-refractivity contribution in [3.63, 3.8) is 0 Å². The molecule has 4 rings (SSSR count). The number of allylic oxidation sites excluding steroid dienone is 1. The number of nitriles is 1. The Hall–Kier alpha value is -3.40. The van der Waals surface area contributed by atoms with Crippen LogP contribution in [0.1, 0.15) is 36.3 Å². The van der Waals surface area contributed by atoms with Crippen LogP contribution in [-0.2, 0) is 4.79 Å². The Balaban J connectivity index is 1.75. The lowest BCUT2D eigenvalue weighted by Crippen LogP contribution is -2.39. The van der Waals surface area contributed by atoms with Crippen molar-refractivity contribution in [2.45, 2.75) is 25.2 Å². The molecule has 2 unspecified atom stereocenters. The second-order valence-electron chi connectivity index (χ2n) is 7.09. The lowest BCUT2D eigenvalue weighted by Gasteiger charge is -2.30. The van der Waals surface area contributed by atoms with Crippen molar-refractivity contribution in [3.8, 4) is 6.07 Å². The van der Waals surface area contributed by atoms with Crippen molar-refractivity contribution in [2.75, 3.05) is 23.3 Å². The fraction of sp³-hybridized carbons (Fsp3) is 0.333. The van der Waals surface area contributed by atoms with Gasteiger partial charge in [0, 0.05) is 19.0 Å². The molecule has 2 aliphatic rings. The molecule has 2 aliphatic heterocycles. The summed E-state index contributed by atoms with van der Waals surface area (Å²) in [5.74, 6) is -1.33. The largest absolute Gasteiger partial charge is 0.342 e. The van der Waals surface area contributed by atoms with Gasteiger partial charge in [-0.25, -0.2) is 0 Å². The van der Waals surface area contributed by atoms with Crippen LogP contribution in [0.2, 0.25) is 0 Å². The van der Waals surface area contributed by atoms with Gasteiger partial charge in [-0.2, -0.15) is 10.2 Å². The third-order valence-corrected chi connectivity index (χ3v) is 5.25. The fourth-order valence-corrected chi connectivity index (χ4v) is 3.78. The maximum atomic E-state index is 12.9. The Morgan fingerprint density at radius 2 is 1.89 bits per heavy atom. The molecule has 0 radical (unpaired) electrons. The number of fused-ring (bicyclic) bond motifs is 1. The molecule has 2 aromatic rings. The highest BCUT2D eigenvalue weighted by Gasteiger charge is 2.38. The number of anilines is 2. The quantitative estimate of drug-likeness (QED) is 0.859. The molecule has 1 saturated heterocycles. The Labute approximate surface area is 162 Å². The van der Waals surface area contributed by atoms with E-state index in [1.165, 1.54) is 6.42 Å². The summed E-state index contributed by atoms with van der Waals surface area (Å²) in [5.41, 5.74) is 0.952. The van der Waals surface area contributed by atoms with Gasteiger partial charge in [0.2, 0.25) is 11.9 Å². The Kier molecular flexibility index (Phi) is 4.94. The van der Waals surface area contributed by atoms with E-state index in [-0.39, 0.29) is 11.4 Å². The molecular weight excluding hydrogens is 354 g/mol. The number of aromatic nitrogens is 2. The molecule has 1 amide bonds. The normalized spacial score (nSPS) is 21.8. The third kappa shape index (κ3) is 3.41. The first kappa shape index (κ1) is 18.0. The SMILES string of the molecule is N#CC1C(=O)Nc2nc(N3CCCCC3)[nH]c(=O)c2C1/C=C/c1ccccc1. The van der Waals surface area contributed by atoms with Crippen molar-refractivity contribution < 1.29 is 4.79 Å². The number of aromatic amines is 1. The van der Waals surface area contributed by atoms with Crippen molar-refractivity contribution in [3.05, 3.63) is 57.9 Å². The van der Waals surface area contributed by atoms with E-state index in [2.05, 4.69) is 15.3 Å². The molecule has 28 heavy (non-hydrogen) atoms. The van der Waals surface area contributed by atoms with Crippen LogP contribution in [0.15, 0.2) is 41.2 Å². The van der Waals surface area contributed by atoms with E-state index < -0.39 is 17.7 Å². The van der Waals surface area contributed by atoms with E-state index in [0.717, 1.165) is 31.5 Å². The van der Waals surface area contributed by atoms with Gasteiger partial charge in [0.15, 0.2) is 0 Å². The van der Waals surface area contributed by atoms with Crippen LogP contribution in [0.5, 0.6) is 0 Å². The highest BCUT2D eigenvalue weighted by atomic mass is 16.2. The first-order chi connectivity index (χ1) is 13.7. The number of amides is 1. The molecule has 1 aromatic carbocycles. The van der Waals surface area contributed by atoms with Gasteiger partial charge in [-0.1, -0.05) is 42.5 Å². The van der Waals surface area contributed by atoms with Gasteiger partial charge in [0.1, 0.15) is 11.7 Å². The Morgan fingerprint density at radius 3 is 2.61 bits per heavy atom. The first-order valence-corrected chi connectivity index (χ1v) is 9.50. The van der Waals surface area contributed by atoms with Crippen molar-refractivity contribution in [1.82, 2.24) is 9.97 Å². The maximum Gasteiger partial charge on any atom is 0.258 e. The van der Waals surface area contributed by atoms with Crippen LogP contribution in [-0.4, -0.2) is 29.0 Å². The zero-order valence-corrected chi connectivity index (χ0v) is 15.4. The van der Waals surface area contributed by atoms with E-state index >= 15 is 0 Å². The Morgan fingerprint density at radius 1 is 1.14 bits per heavy atom. The molecule has 7 heteroatoms.